The van der Waals surface area contributed by atoms with Crippen LogP contribution in [0.15, 0.2) is 60.7 Å². The number of carbonyl (C=O) groups is 4. The van der Waals surface area contributed by atoms with Crippen molar-refractivity contribution in [2.45, 2.75) is 51.2 Å². The molecule has 9 nitrogen and oxygen atoms in total. The maximum absolute atomic E-state index is 12.8. The molecule has 1 fully saturated rings. The second-order valence-electron chi connectivity index (χ2n) is 8.76. The van der Waals surface area contributed by atoms with Gasteiger partial charge in [-0.25, -0.2) is 4.79 Å². The van der Waals surface area contributed by atoms with E-state index in [0.717, 1.165) is 18.4 Å². The van der Waals surface area contributed by atoms with Gasteiger partial charge in [-0.1, -0.05) is 48.5 Å². The minimum Gasteiger partial charge on any atom is -0.465 e. The van der Waals surface area contributed by atoms with Crippen LogP contribution >= 0.6 is 0 Å². The Morgan fingerprint density at radius 2 is 1.58 bits per heavy atom. The number of nitrogens with one attached hydrogen (secondary N) is 3. The molecule has 1 aliphatic carbocycles. The first-order chi connectivity index (χ1) is 17.5. The number of unbranched alkanes of at least 4 members (excludes halogenated alkanes) is 1. The molecule has 0 bridgehead atoms. The summed E-state index contributed by atoms with van der Waals surface area (Å²) in [7, 11) is 0. The number of alkyl carbamates (subject to hydrolysis) is 1. The lowest BCUT2D eigenvalue weighted by atomic mass is 10.1. The molecule has 0 aliphatic heterocycles. The molecule has 192 valence electrons. The number of hydrogen-bond acceptors (Lipinski definition) is 6. The number of para-hydroxylation sites is 1. The fourth-order valence-corrected chi connectivity index (χ4v) is 3.37. The van der Waals surface area contributed by atoms with Gasteiger partial charge in [-0.2, -0.15) is 0 Å². The van der Waals surface area contributed by atoms with Gasteiger partial charge >= 0.3 is 12.1 Å². The Morgan fingerprint density at radius 3 is 2.28 bits per heavy atom. The fourth-order valence-electron chi connectivity index (χ4n) is 3.37. The van der Waals surface area contributed by atoms with E-state index in [0.29, 0.717) is 44.0 Å². The Hall–Kier alpha value is -3.88. The standard InChI is InChI=1S/C27H33N3O6/c31-24(17-25(32)35-18-21-14-15-21)28-16-8-7-13-23(26(33)29-22-11-5-2-6-12-22)30-27(34)36-19-20-9-3-1-4-10-20/h1-6,9-12,21,23H,7-8,13-19H2,(H,28,31)(H,29,33)(H,30,34)/t23-/m0/s1. The lowest BCUT2D eigenvalue weighted by molar-refractivity contribution is -0.146. The molecule has 0 aromatic heterocycles. The molecule has 2 aromatic rings. The molecule has 2 aromatic carbocycles. The number of esters is 1. The van der Waals surface area contributed by atoms with Crippen molar-refractivity contribution in [2.24, 2.45) is 5.92 Å². The van der Waals surface area contributed by atoms with Crippen LogP contribution in [-0.2, 0) is 30.5 Å². The maximum Gasteiger partial charge on any atom is 0.408 e. The molecule has 0 spiro atoms. The second-order valence-corrected chi connectivity index (χ2v) is 8.76. The summed E-state index contributed by atoms with van der Waals surface area (Å²) in [5.41, 5.74) is 1.46. The van der Waals surface area contributed by atoms with Gasteiger partial charge in [-0.15, -0.1) is 0 Å². The van der Waals surface area contributed by atoms with Crippen molar-refractivity contribution in [1.29, 1.82) is 0 Å². The number of amides is 3. The van der Waals surface area contributed by atoms with Gasteiger partial charge in [0.2, 0.25) is 11.8 Å². The van der Waals surface area contributed by atoms with E-state index in [4.69, 9.17) is 9.47 Å². The predicted octanol–water partition coefficient (Wildman–Crippen LogP) is 3.55. The molecule has 0 unspecified atom stereocenters. The van der Waals surface area contributed by atoms with E-state index in [1.165, 1.54) is 0 Å². The second kappa shape index (κ2) is 14.5. The molecular weight excluding hydrogens is 462 g/mol. The minimum atomic E-state index is -0.818. The normalized spacial score (nSPS) is 13.2. The Balaban J connectivity index is 1.41. The highest BCUT2D eigenvalue weighted by Gasteiger charge is 2.24. The fraction of sp³-hybridized carbons (Fsp3) is 0.407. The summed E-state index contributed by atoms with van der Waals surface area (Å²) in [4.78, 5) is 48.7. The third-order valence-corrected chi connectivity index (χ3v) is 5.59. The molecular formula is C27H33N3O6. The topological polar surface area (TPSA) is 123 Å². The van der Waals surface area contributed by atoms with Gasteiger partial charge in [0, 0.05) is 12.2 Å². The highest BCUT2D eigenvalue weighted by molar-refractivity contribution is 5.96. The quantitative estimate of drug-likeness (QED) is 0.209. The van der Waals surface area contributed by atoms with Crippen LogP contribution in [0.2, 0.25) is 0 Å². The van der Waals surface area contributed by atoms with E-state index < -0.39 is 24.0 Å². The van der Waals surface area contributed by atoms with Gasteiger partial charge in [-0.3, -0.25) is 14.4 Å². The number of carbonyl (C=O) groups excluding carboxylic acids is 4. The van der Waals surface area contributed by atoms with Gasteiger partial charge < -0.3 is 25.4 Å². The Bertz CT molecular complexity index is 995. The summed E-state index contributed by atoms with van der Waals surface area (Å²) in [6.45, 7) is 0.828. The van der Waals surface area contributed by atoms with Crippen LogP contribution in [0.3, 0.4) is 0 Å². The van der Waals surface area contributed by atoms with Crippen molar-refractivity contribution in [3.63, 3.8) is 0 Å². The molecule has 1 atom stereocenters. The van der Waals surface area contributed by atoms with Crippen LogP contribution in [0.1, 0.15) is 44.1 Å². The third-order valence-electron chi connectivity index (χ3n) is 5.59. The van der Waals surface area contributed by atoms with Gasteiger partial charge in [-0.05, 0) is 55.7 Å². The number of anilines is 1. The van der Waals surface area contributed by atoms with Gasteiger partial charge in [0.05, 0.1) is 6.61 Å². The molecule has 3 N–H and O–H groups in total. The summed E-state index contributed by atoms with van der Waals surface area (Å²) >= 11 is 0. The van der Waals surface area contributed by atoms with Crippen molar-refractivity contribution in [1.82, 2.24) is 10.6 Å². The summed E-state index contributed by atoms with van der Waals surface area (Å²) in [5, 5.41) is 8.12. The smallest absolute Gasteiger partial charge is 0.408 e. The Kier molecular flexibility index (Phi) is 10.8. The average molecular weight is 496 g/mol. The van der Waals surface area contributed by atoms with E-state index in [1.54, 1.807) is 24.3 Å². The van der Waals surface area contributed by atoms with Crippen molar-refractivity contribution >= 4 is 29.6 Å². The molecule has 36 heavy (non-hydrogen) atoms. The Morgan fingerprint density at radius 1 is 0.889 bits per heavy atom. The highest BCUT2D eigenvalue weighted by atomic mass is 16.5. The molecule has 9 heteroatoms. The first-order valence-electron chi connectivity index (χ1n) is 12.2. The average Bonchev–Trinajstić information content (AvgIpc) is 3.71. The van der Waals surface area contributed by atoms with E-state index in [-0.39, 0.29) is 18.9 Å². The molecule has 0 heterocycles. The monoisotopic (exact) mass is 495 g/mol. The molecule has 0 saturated heterocycles. The van der Waals surface area contributed by atoms with E-state index >= 15 is 0 Å². The Labute approximate surface area is 210 Å². The van der Waals surface area contributed by atoms with Gasteiger partial charge in [0.25, 0.3) is 0 Å². The predicted molar refractivity (Wildman–Crippen MR) is 134 cm³/mol. The van der Waals surface area contributed by atoms with E-state index in [9.17, 15) is 19.2 Å². The van der Waals surface area contributed by atoms with Crippen LogP contribution in [0.5, 0.6) is 0 Å². The molecule has 3 amide bonds. The molecule has 0 radical (unpaired) electrons. The maximum atomic E-state index is 12.8. The summed E-state index contributed by atoms with van der Waals surface area (Å²) in [5.74, 6) is -0.819. The third kappa shape index (κ3) is 10.6. The van der Waals surface area contributed by atoms with Crippen LogP contribution < -0.4 is 16.0 Å². The number of benzene rings is 2. The lowest BCUT2D eigenvalue weighted by Gasteiger charge is -2.18. The zero-order valence-electron chi connectivity index (χ0n) is 20.2. The molecule has 1 saturated carbocycles. The summed E-state index contributed by atoms with van der Waals surface area (Å²) < 4.78 is 10.3. The van der Waals surface area contributed by atoms with Gasteiger partial charge in [0.15, 0.2) is 0 Å². The van der Waals surface area contributed by atoms with Crippen molar-refractivity contribution in [2.75, 3.05) is 18.5 Å². The van der Waals surface area contributed by atoms with Crippen molar-refractivity contribution in [3.05, 3.63) is 66.2 Å². The zero-order chi connectivity index (χ0) is 25.6. The first-order valence-corrected chi connectivity index (χ1v) is 12.2. The largest absolute Gasteiger partial charge is 0.465 e. The lowest BCUT2D eigenvalue weighted by Crippen LogP contribution is -2.44. The van der Waals surface area contributed by atoms with Gasteiger partial charge in [0.1, 0.15) is 19.1 Å². The number of ether oxygens (including phenoxy) is 2. The SMILES string of the molecule is O=C(CC(=O)OCC1CC1)NCCCC[C@H](NC(=O)OCc1ccccc1)C(=O)Nc1ccccc1. The van der Waals surface area contributed by atoms with Crippen LogP contribution in [0.25, 0.3) is 0 Å². The molecule has 3 rings (SSSR count). The summed E-state index contributed by atoms with van der Waals surface area (Å²) in [6.07, 6.45) is 2.62. The zero-order valence-corrected chi connectivity index (χ0v) is 20.2. The van der Waals surface area contributed by atoms with Crippen molar-refractivity contribution < 1.29 is 28.7 Å². The highest BCUT2D eigenvalue weighted by Crippen LogP contribution is 2.28. The van der Waals surface area contributed by atoms with Crippen LogP contribution in [0, 0.1) is 5.92 Å². The van der Waals surface area contributed by atoms with Crippen LogP contribution in [-0.4, -0.2) is 43.1 Å². The van der Waals surface area contributed by atoms with E-state index in [2.05, 4.69) is 16.0 Å². The van der Waals surface area contributed by atoms with E-state index in [1.807, 2.05) is 36.4 Å². The first kappa shape index (κ1) is 26.7. The number of hydrogen-bond donors (Lipinski definition) is 3. The minimum absolute atomic E-state index is 0.0921. The van der Waals surface area contributed by atoms with Crippen LogP contribution in [0.4, 0.5) is 10.5 Å². The van der Waals surface area contributed by atoms with Crippen molar-refractivity contribution in [3.8, 4) is 0 Å². The number of rotatable bonds is 14. The molecule has 1 aliphatic rings. The summed E-state index contributed by atoms with van der Waals surface area (Å²) in [6, 6.07) is 17.4.